The number of aromatic nitrogens is 1. The first kappa shape index (κ1) is 18.1. The van der Waals surface area contributed by atoms with Crippen molar-refractivity contribution in [3.8, 4) is 16.9 Å². The molecule has 1 aromatic heterocycles. The summed E-state index contributed by atoms with van der Waals surface area (Å²) < 4.78 is 26.8. The van der Waals surface area contributed by atoms with Crippen LogP contribution in [0.3, 0.4) is 0 Å². The molecule has 0 aliphatic heterocycles. The molecule has 0 aliphatic carbocycles. The zero-order chi connectivity index (χ0) is 18.8. The van der Waals surface area contributed by atoms with Crippen LogP contribution in [0.15, 0.2) is 59.5 Å². The van der Waals surface area contributed by atoms with E-state index in [9.17, 15) is 18.5 Å². The van der Waals surface area contributed by atoms with Crippen LogP contribution in [0.1, 0.15) is 11.3 Å². The number of carbonyl (C=O) groups is 1. The van der Waals surface area contributed by atoms with Crippen LogP contribution in [-0.4, -0.2) is 26.1 Å². The van der Waals surface area contributed by atoms with Gasteiger partial charge in [-0.25, -0.2) is 4.39 Å². The van der Waals surface area contributed by atoms with Crippen LogP contribution in [-0.2, 0) is 22.0 Å². The number of halogens is 1. The van der Waals surface area contributed by atoms with Gasteiger partial charge in [-0.1, -0.05) is 12.1 Å². The van der Waals surface area contributed by atoms with Crippen LogP contribution in [0.4, 0.5) is 4.39 Å². The molecule has 0 radical (unpaired) electrons. The van der Waals surface area contributed by atoms with Crippen molar-refractivity contribution in [3.05, 3.63) is 71.7 Å². The highest BCUT2D eigenvalue weighted by atomic mass is 32.2. The number of carboxylic acids is 1. The molecular formula is C20H18FNO3S. The monoisotopic (exact) mass is 371 g/mol. The molecule has 0 aliphatic rings. The van der Waals surface area contributed by atoms with E-state index in [4.69, 9.17) is 0 Å². The minimum atomic E-state index is -1.07. The first-order chi connectivity index (χ1) is 12.4. The molecule has 1 heterocycles. The van der Waals surface area contributed by atoms with Gasteiger partial charge in [-0.3, -0.25) is 9.00 Å². The molecule has 26 heavy (non-hydrogen) atoms. The number of nitrogens with zero attached hydrogens (tertiary/aromatic N) is 1. The number of benzene rings is 2. The summed E-state index contributed by atoms with van der Waals surface area (Å²) in [5, 5.41) is 9.17. The van der Waals surface area contributed by atoms with Crippen molar-refractivity contribution in [2.24, 2.45) is 0 Å². The predicted molar refractivity (Wildman–Crippen MR) is 99.6 cm³/mol. The fraction of sp³-hybridized carbons (Fsp3) is 0.150. The fourth-order valence-corrected chi connectivity index (χ4v) is 3.47. The Morgan fingerprint density at radius 2 is 1.73 bits per heavy atom. The molecule has 0 saturated heterocycles. The highest BCUT2D eigenvalue weighted by molar-refractivity contribution is 7.84. The lowest BCUT2D eigenvalue weighted by Gasteiger charge is -2.13. The summed E-state index contributed by atoms with van der Waals surface area (Å²) in [5.74, 6) is -1.24. The Morgan fingerprint density at radius 3 is 2.27 bits per heavy atom. The third kappa shape index (κ3) is 3.60. The average Bonchev–Trinajstić information content (AvgIpc) is 2.92. The Balaban J connectivity index is 2.17. The van der Waals surface area contributed by atoms with Gasteiger partial charge >= 0.3 is 5.97 Å². The summed E-state index contributed by atoms with van der Waals surface area (Å²) >= 11 is 0. The van der Waals surface area contributed by atoms with E-state index in [0.29, 0.717) is 5.56 Å². The van der Waals surface area contributed by atoms with E-state index in [1.54, 1.807) is 30.5 Å². The average molecular weight is 371 g/mol. The van der Waals surface area contributed by atoms with Crippen LogP contribution < -0.4 is 0 Å². The van der Waals surface area contributed by atoms with Gasteiger partial charge in [-0.2, -0.15) is 0 Å². The second-order valence-corrected chi connectivity index (χ2v) is 7.38. The Bertz CT molecular complexity index is 976. The van der Waals surface area contributed by atoms with Crippen molar-refractivity contribution in [1.82, 2.24) is 4.57 Å². The van der Waals surface area contributed by atoms with Gasteiger partial charge < -0.3 is 9.67 Å². The lowest BCUT2D eigenvalue weighted by atomic mass is 10.1. The zero-order valence-electron chi connectivity index (χ0n) is 14.4. The molecule has 1 atom stereocenters. The van der Waals surface area contributed by atoms with Crippen molar-refractivity contribution in [3.63, 3.8) is 0 Å². The van der Waals surface area contributed by atoms with E-state index in [2.05, 4.69) is 0 Å². The van der Waals surface area contributed by atoms with Crippen LogP contribution >= 0.6 is 0 Å². The van der Waals surface area contributed by atoms with Gasteiger partial charge in [0.1, 0.15) is 5.82 Å². The first-order valence-corrected chi connectivity index (χ1v) is 9.55. The molecule has 0 bridgehead atoms. The molecule has 1 N–H and O–H groups in total. The van der Waals surface area contributed by atoms with Gasteiger partial charge in [0.15, 0.2) is 0 Å². The van der Waals surface area contributed by atoms with E-state index < -0.39 is 16.8 Å². The first-order valence-electron chi connectivity index (χ1n) is 7.99. The Hall–Kier alpha value is -2.73. The second kappa shape index (κ2) is 7.25. The maximum Gasteiger partial charge on any atom is 0.307 e. The van der Waals surface area contributed by atoms with Crippen molar-refractivity contribution < 1.29 is 18.5 Å². The van der Waals surface area contributed by atoms with E-state index in [1.165, 1.54) is 12.1 Å². The zero-order valence-corrected chi connectivity index (χ0v) is 15.2. The van der Waals surface area contributed by atoms with E-state index in [-0.39, 0.29) is 12.2 Å². The highest BCUT2D eigenvalue weighted by Gasteiger charge is 2.17. The van der Waals surface area contributed by atoms with Gasteiger partial charge in [-0.15, -0.1) is 0 Å². The molecule has 2 aromatic carbocycles. The molecule has 1 unspecified atom stereocenters. The van der Waals surface area contributed by atoms with Gasteiger partial charge in [0.2, 0.25) is 0 Å². The van der Waals surface area contributed by atoms with Crippen molar-refractivity contribution in [2.45, 2.75) is 18.2 Å². The largest absolute Gasteiger partial charge is 0.481 e. The van der Waals surface area contributed by atoms with Gasteiger partial charge in [-0.05, 0) is 60.5 Å². The summed E-state index contributed by atoms with van der Waals surface area (Å²) in [4.78, 5) is 11.9. The SMILES string of the molecule is Cc1c(CC(=O)O)cc(-c2ccc(S(C)=O)cc2)n1-c1ccc(F)cc1. The van der Waals surface area contributed by atoms with Crippen molar-refractivity contribution in [1.29, 1.82) is 0 Å². The molecule has 0 amide bonds. The van der Waals surface area contributed by atoms with Crippen LogP contribution in [0.25, 0.3) is 16.9 Å². The predicted octanol–water partition coefficient (Wildman–Crippen LogP) is 3.96. The smallest absolute Gasteiger partial charge is 0.307 e. The summed E-state index contributed by atoms with van der Waals surface area (Å²) in [6, 6.07) is 15.2. The lowest BCUT2D eigenvalue weighted by molar-refractivity contribution is -0.136. The fourth-order valence-electron chi connectivity index (χ4n) is 2.95. The second-order valence-electron chi connectivity index (χ2n) is 6.00. The summed E-state index contributed by atoms with van der Waals surface area (Å²) in [7, 11) is -1.07. The number of hydrogen-bond acceptors (Lipinski definition) is 2. The maximum atomic E-state index is 13.3. The topological polar surface area (TPSA) is 59.3 Å². The molecular weight excluding hydrogens is 353 g/mol. The normalized spacial score (nSPS) is 12.1. The number of rotatable bonds is 5. The summed E-state index contributed by atoms with van der Waals surface area (Å²) in [6.45, 7) is 1.85. The minimum Gasteiger partial charge on any atom is -0.481 e. The van der Waals surface area contributed by atoms with E-state index in [0.717, 1.165) is 27.5 Å². The van der Waals surface area contributed by atoms with E-state index in [1.807, 2.05) is 29.7 Å². The number of hydrogen-bond donors (Lipinski definition) is 1. The summed E-state index contributed by atoms with van der Waals surface area (Å²) in [5.41, 5.74) is 3.90. The maximum absolute atomic E-state index is 13.3. The molecule has 0 fully saturated rings. The quantitative estimate of drug-likeness (QED) is 0.739. The van der Waals surface area contributed by atoms with Crippen molar-refractivity contribution >= 4 is 16.8 Å². The molecule has 4 nitrogen and oxygen atoms in total. The number of carboxylic acid groups (broad SMARTS) is 1. The Morgan fingerprint density at radius 1 is 1.12 bits per heavy atom. The van der Waals surface area contributed by atoms with Gasteiger partial charge in [0.25, 0.3) is 0 Å². The van der Waals surface area contributed by atoms with Crippen molar-refractivity contribution in [2.75, 3.05) is 6.26 Å². The van der Waals surface area contributed by atoms with Crippen LogP contribution in [0.5, 0.6) is 0 Å². The Labute approximate surface area is 153 Å². The molecule has 3 rings (SSSR count). The minimum absolute atomic E-state index is 0.0932. The lowest BCUT2D eigenvalue weighted by Crippen LogP contribution is -2.03. The van der Waals surface area contributed by atoms with Gasteiger partial charge in [0.05, 0.1) is 12.1 Å². The molecule has 0 saturated carbocycles. The highest BCUT2D eigenvalue weighted by Crippen LogP contribution is 2.30. The molecule has 6 heteroatoms. The Kier molecular flexibility index (Phi) is 5.04. The molecule has 0 spiro atoms. The van der Waals surface area contributed by atoms with E-state index >= 15 is 0 Å². The van der Waals surface area contributed by atoms with Gasteiger partial charge in [0, 0.05) is 33.3 Å². The third-order valence-corrected chi connectivity index (χ3v) is 5.20. The standard InChI is InChI=1S/C20H18FNO3S/c1-13-15(12-20(23)24)11-19(14-3-9-18(10-4-14)26(2)25)22(13)17-7-5-16(21)6-8-17/h3-11H,12H2,1-2H3,(H,23,24). The summed E-state index contributed by atoms with van der Waals surface area (Å²) in [6.07, 6.45) is 1.52. The molecule has 134 valence electrons. The van der Waals surface area contributed by atoms with Crippen LogP contribution in [0, 0.1) is 12.7 Å². The molecule has 3 aromatic rings. The van der Waals surface area contributed by atoms with Crippen LogP contribution in [0.2, 0.25) is 0 Å². The number of aliphatic carboxylic acids is 1. The third-order valence-electron chi connectivity index (χ3n) is 4.26.